The molecule has 0 heterocycles. The molecule has 0 aliphatic rings. The number of hydrogen-bond donors (Lipinski definition) is 1. The lowest BCUT2D eigenvalue weighted by Gasteiger charge is -2.09. The Hall–Kier alpha value is -2.44. The lowest BCUT2D eigenvalue weighted by atomic mass is 10.0. The maximum atomic E-state index is 11.9. The monoisotopic (exact) mass is 322 g/mol. The van der Waals surface area contributed by atoms with Gasteiger partial charge in [-0.25, -0.2) is 0 Å². The fraction of sp³-hybridized carbons (Fsp3) is 0.500. The summed E-state index contributed by atoms with van der Waals surface area (Å²) >= 11 is 0. The first-order valence-electron chi connectivity index (χ1n) is 7.59. The molecule has 23 heavy (non-hydrogen) atoms. The molecule has 0 aliphatic carbocycles. The van der Waals surface area contributed by atoms with Crippen LogP contribution in [-0.4, -0.2) is 29.8 Å². The predicted molar refractivity (Wildman–Crippen MR) is 85.7 cm³/mol. The third-order valence-electron chi connectivity index (χ3n) is 3.18. The van der Waals surface area contributed by atoms with Crippen molar-refractivity contribution in [2.45, 2.75) is 33.6 Å². The van der Waals surface area contributed by atoms with Crippen LogP contribution in [0.2, 0.25) is 0 Å². The predicted octanol–water partition coefficient (Wildman–Crippen LogP) is 2.73. The number of nitro groups is 1. The van der Waals surface area contributed by atoms with Crippen LogP contribution in [-0.2, 0) is 4.79 Å². The van der Waals surface area contributed by atoms with Crippen molar-refractivity contribution in [2.75, 3.05) is 13.2 Å². The molecule has 7 heteroatoms. The first-order valence-corrected chi connectivity index (χ1v) is 7.59. The number of ketones is 1. The second kappa shape index (κ2) is 8.87. The van der Waals surface area contributed by atoms with Gasteiger partial charge in [0, 0.05) is 24.1 Å². The summed E-state index contributed by atoms with van der Waals surface area (Å²) in [6.45, 7) is 5.69. The molecule has 1 aromatic rings. The van der Waals surface area contributed by atoms with Crippen LogP contribution in [0.1, 0.15) is 44.0 Å². The van der Waals surface area contributed by atoms with E-state index in [1.54, 1.807) is 13.8 Å². The van der Waals surface area contributed by atoms with Crippen LogP contribution in [0, 0.1) is 16.0 Å². The molecule has 1 N–H and O–H groups in total. The first-order chi connectivity index (χ1) is 10.9. The van der Waals surface area contributed by atoms with E-state index in [1.165, 1.54) is 18.2 Å². The van der Waals surface area contributed by atoms with E-state index in [4.69, 9.17) is 4.74 Å². The molecule has 0 atom stereocenters. The minimum absolute atomic E-state index is 0.0269. The van der Waals surface area contributed by atoms with E-state index >= 15 is 0 Å². The van der Waals surface area contributed by atoms with E-state index < -0.39 is 4.92 Å². The molecule has 0 aromatic heterocycles. The van der Waals surface area contributed by atoms with Gasteiger partial charge in [0.25, 0.3) is 5.91 Å². The SMILES string of the molecule is CCCCNC(=O)COc1ccc(C(=O)C(C)C)cc1[N+](=O)[O-]. The number of carbonyl (C=O) groups is 2. The third-order valence-corrected chi connectivity index (χ3v) is 3.18. The van der Waals surface area contributed by atoms with Crippen LogP contribution in [0.5, 0.6) is 5.75 Å². The number of nitrogens with zero attached hydrogens (tertiary/aromatic N) is 1. The van der Waals surface area contributed by atoms with Gasteiger partial charge in [0.2, 0.25) is 0 Å². The molecular weight excluding hydrogens is 300 g/mol. The molecule has 1 aromatic carbocycles. The zero-order chi connectivity index (χ0) is 17.4. The van der Waals surface area contributed by atoms with Crippen molar-refractivity contribution in [2.24, 2.45) is 5.92 Å². The van der Waals surface area contributed by atoms with E-state index in [1.807, 2.05) is 6.92 Å². The summed E-state index contributed by atoms with van der Waals surface area (Å²) in [6.07, 6.45) is 1.82. The molecule has 0 spiro atoms. The highest BCUT2D eigenvalue weighted by atomic mass is 16.6. The van der Waals surface area contributed by atoms with Crippen LogP contribution in [0.3, 0.4) is 0 Å². The number of Topliss-reactive ketones (excluding diaryl/α,β-unsaturated/α-hetero) is 1. The van der Waals surface area contributed by atoms with Gasteiger partial charge >= 0.3 is 5.69 Å². The number of carbonyl (C=O) groups excluding carboxylic acids is 2. The van der Waals surface area contributed by atoms with Gasteiger partial charge in [-0.15, -0.1) is 0 Å². The topological polar surface area (TPSA) is 98.5 Å². The number of hydrogen-bond acceptors (Lipinski definition) is 5. The van der Waals surface area contributed by atoms with E-state index in [0.29, 0.717) is 6.54 Å². The summed E-state index contributed by atoms with van der Waals surface area (Å²) in [6, 6.07) is 4.01. The molecule has 7 nitrogen and oxygen atoms in total. The van der Waals surface area contributed by atoms with Gasteiger partial charge in [-0.05, 0) is 18.6 Å². The van der Waals surface area contributed by atoms with Gasteiger partial charge in [-0.1, -0.05) is 27.2 Å². The summed E-state index contributed by atoms with van der Waals surface area (Å²) in [4.78, 5) is 34.0. The molecule has 1 amide bonds. The Bertz CT molecular complexity index is 584. The highest BCUT2D eigenvalue weighted by molar-refractivity contribution is 5.98. The smallest absolute Gasteiger partial charge is 0.311 e. The average molecular weight is 322 g/mol. The number of nitrogens with one attached hydrogen (secondary N) is 1. The fourth-order valence-electron chi connectivity index (χ4n) is 1.87. The van der Waals surface area contributed by atoms with E-state index in [-0.39, 0.29) is 41.2 Å². The second-order valence-corrected chi connectivity index (χ2v) is 5.45. The number of unbranched alkanes of at least 4 members (excludes halogenated alkanes) is 1. The standard InChI is InChI=1S/C16H22N2O5/c1-4-5-8-17-15(19)10-23-14-7-6-12(16(20)11(2)3)9-13(14)18(21)22/h6-7,9,11H,4-5,8,10H2,1-3H3,(H,17,19). The highest BCUT2D eigenvalue weighted by Crippen LogP contribution is 2.28. The summed E-state index contributed by atoms with van der Waals surface area (Å²) in [5, 5.41) is 13.8. The number of nitro benzene ring substituents is 1. The molecule has 0 fully saturated rings. The van der Waals surface area contributed by atoms with Crippen LogP contribution in [0.4, 0.5) is 5.69 Å². The Morgan fingerprint density at radius 3 is 2.61 bits per heavy atom. The summed E-state index contributed by atoms with van der Waals surface area (Å²) in [5.41, 5.74) is -0.0655. The van der Waals surface area contributed by atoms with Crippen molar-refractivity contribution >= 4 is 17.4 Å². The van der Waals surface area contributed by atoms with Gasteiger partial charge in [0.1, 0.15) is 0 Å². The molecule has 0 radical (unpaired) electrons. The van der Waals surface area contributed by atoms with Crippen molar-refractivity contribution in [3.63, 3.8) is 0 Å². The number of ether oxygens (including phenoxy) is 1. The number of rotatable bonds is 9. The largest absolute Gasteiger partial charge is 0.477 e. The van der Waals surface area contributed by atoms with Gasteiger partial charge < -0.3 is 10.1 Å². The lowest BCUT2D eigenvalue weighted by molar-refractivity contribution is -0.385. The van der Waals surface area contributed by atoms with Crippen LogP contribution in [0.25, 0.3) is 0 Å². The Kier molecular flexibility index (Phi) is 7.18. The normalized spacial score (nSPS) is 10.4. The first kappa shape index (κ1) is 18.6. The number of amides is 1. The van der Waals surface area contributed by atoms with Crippen molar-refractivity contribution < 1.29 is 19.2 Å². The lowest BCUT2D eigenvalue weighted by Crippen LogP contribution is -2.29. The van der Waals surface area contributed by atoms with Crippen LogP contribution >= 0.6 is 0 Å². The van der Waals surface area contributed by atoms with Gasteiger partial charge in [0.15, 0.2) is 18.1 Å². The highest BCUT2D eigenvalue weighted by Gasteiger charge is 2.20. The summed E-state index contributed by atoms with van der Waals surface area (Å²) in [5.74, 6) is -0.807. The van der Waals surface area contributed by atoms with Gasteiger partial charge in [-0.2, -0.15) is 0 Å². The molecule has 0 saturated carbocycles. The van der Waals surface area contributed by atoms with E-state index in [0.717, 1.165) is 12.8 Å². The maximum absolute atomic E-state index is 11.9. The Labute approximate surface area is 135 Å². The minimum atomic E-state index is -0.624. The maximum Gasteiger partial charge on any atom is 0.311 e. The van der Waals surface area contributed by atoms with Crippen molar-refractivity contribution in [1.82, 2.24) is 5.32 Å². The molecule has 0 bridgehead atoms. The second-order valence-electron chi connectivity index (χ2n) is 5.45. The molecular formula is C16H22N2O5. The third kappa shape index (κ3) is 5.69. The molecule has 1 rings (SSSR count). The molecule has 126 valence electrons. The van der Waals surface area contributed by atoms with Crippen LogP contribution < -0.4 is 10.1 Å². The fourth-order valence-corrected chi connectivity index (χ4v) is 1.87. The Morgan fingerprint density at radius 1 is 1.35 bits per heavy atom. The molecule has 0 aliphatic heterocycles. The van der Waals surface area contributed by atoms with Crippen molar-refractivity contribution in [3.05, 3.63) is 33.9 Å². The van der Waals surface area contributed by atoms with Crippen molar-refractivity contribution in [3.8, 4) is 5.75 Å². The molecule has 0 saturated heterocycles. The van der Waals surface area contributed by atoms with E-state index in [2.05, 4.69) is 5.32 Å². The van der Waals surface area contributed by atoms with Crippen LogP contribution in [0.15, 0.2) is 18.2 Å². The minimum Gasteiger partial charge on any atom is -0.477 e. The molecule has 0 unspecified atom stereocenters. The van der Waals surface area contributed by atoms with E-state index in [9.17, 15) is 19.7 Å². The van der Waals surface area contributed by atoms with Crippen molar-refractivity contribution in [1.29, 1.82) is 0 Å². The number of benzene rings is 1. The summed E-state index contributed by atoms with van der Waals surface area (Å²) in [7, 11) is 0. The Morgan fingerprint density at radius 2 is 2.04 bits per heavy atom. The average Bonchev–Trinajstić information content (AvgIpc) is 2.52. The summed E-state index contributed by atoms with van der Waals surface area (Å²) < 4.78 is 5.22. The zero-order valence-electron chi connectivity index (χ0n) is 13.6. The Balaban J connectivity index is 2.80. The zero-order valence-corrected chi connectivity index (χ0v) is 13.6. The quantitative estimate of drug-likeness (QED) is 0.326. The van der Waals surface area contributed by atoms with Gasteiger partial charge in [0.05, 0.1) is 4.92 Å². The van der Waals surface area contributed by atoms with Gasteiger partial charge in [-0.3, -0.25) is 19.7 Å².